The molecule has 1 heterocycles. The Morgan fingerprint density at radius 1 is 0.942 bits per heavy atom. The molecular formula is C43H55N3O5S. The van der Waals surface area contributed by atoms with Crippen molar-refractivity contribution in [3.63, 3.8) is 0 Å². The van der Waals surface area contributed by atoms with Crippen LogP contribution in [-0.4, -0.2) is 46.8 Å². The molecule has 0 aromatic heterocycles. The van der Waals surface area contributed by atoms with Gasteiger partial charge in [0.25, 0.3) is 0 Å². The van der Waals surface area contributed by atoms with E-state index in [2.05, 4.69) is 49.5 Å². The number of esters is 1. The molecule has 1 aliphatic heterocycles. The molecule has 3 atom stereocenters. The van der Waals surface area contributed by atoms with Crippen molar-refractivity contribution < 1.29 is 23.9 Å². The summed E-state index contributed by atoms with van der Waals surface area (Å²) < 4.78 is 11.8. The lowest BCUT2D eigenvalue weighted by Gasteiger charge is -2.30. The van der Waals surface area contributed by atoms with E-state index in [9.17, 15) is 14.4 Å². The molecule has 9 heteroatoms. The molecule has 2 aromatic carbocycles. The van der Waals surface area contributed by atoms with E-state index in [1.807, 2.05) is 84.0 Å². The summed E-state index contributed by atoms with van der Waals surface area (Å²) in [6, 6.07) is 14.4. The summed E-state index contributed by atoms with van der Waals surface area (Å²) in [7, 11) is 0. The van der Waals surface area contributed by atoms with Gasteiger partial charge in [0.2, 0.25) is 5.91 Å². The second-order valence-electron chi connectivity index (χ2n) is 16.1. The van der Waals surface area contributed by atoms with Gasteiger partial charge >= 0.3 is 12.1 Å². The van der Waals surface area contributed by atoms with Crippen LogP contribution >= 0.6 is 11.8 Å². The van der Waals surface area contributed by atoms with E-state index in [1.165, 1.54) is 11.8 Å². The van der Waals surface area contributed by atoms with E-state index < -0.39 is 17.3 Å². The number of rotatable bonds is 8. The predicted octanol–water partition coefficient (Wildman–Crippen LogP) is 9.78. The SMILES string of the molecule is CCC1C=Cc2cc(N(C(=O)OC(C)(C)C)C3=NC(c4cccc(SCC(=O)NC5CC5)c4)=CCC(C)C=C3)ccc2CCC1C(=O)OC(C)(C)C. The highest BCUT2D eigenvalue weighted by molar-refractivity contribution is 8.00. The summed E-state index contributed by atoms with van der Waals surface area (Å²) >= 11 is 1.50. The van der Waals surface area contributed by atoms with Crippen LogP contribution in [0, 0.1) is 17.8 Å². The summed E-state index contributed by atoms with van der Waals surface area (Å²) in [4.78, 5) is 47.4. The molecule has 2 amide bonds. The Morgan fingerprint density at radius 3 is 2.38 bits per heavy atom. The molecule has 0 spiro atoms. The van der Waals surface area contributed by atoms with Crippen LogP contribution < -0.4 is 10.2 Å². The quantitative estimate of drug-likeness (QED) is 0.215. The Hall–Kier alpha value is -4.11. The maximum atomic E-state index is 14.1. The number of allylic oxidation sites excluding steroid dienone is 3. The van der Waals surface area contributed by atoms with Crippen molar-refractivity contribution in [1.29, 1.82) is 0 Å². The van der Waals surface area contributed by atoms with Crippen LogP contribution in [-0.2, 0) is 25.5 Å². The summed E-state index contributed by atoms with van der Waals surface area (Å²) in [6.07, 6.45) is 14.8. The minimum absolute atomic E-state index is 0.0298. The maximum absolute atomic E-state index is 14.1. The second-order valence-corrected chi connectivity index (χ2v) is 17.1. The van der Waals surface area contributed by atoms with Crippen LogP contribution in [0.25, 0.3) is 11.8 Å². The molecule has 8 nitrogen and oxygen atoms in total. The van der Waals surface area contributed by atoms with E-state index in [4.69, 9.17) is 14.5 Å². The number of benzene rings is 2. The standard InChI is InChI=1S/C43H55N3O5S/c1-9-29-15-16-31-25-34(21-17-30(31)18-22-36(29)40(48)50-42(3,4)5)46(41(49)51-43(6,7)8)38-24-14-28(2)13-23-37(45-38)32-11-10-12-35(26-32)52-27-39(47)44-33-19-20-33/h10-12,14-17,21,23-26,28-29,33,36H,9,13,18-20,22,27H2,1-8H3,(H,44,47). The molecule has 5 rings (SSSR count). The molecule has 0 bridgehead atoms. The second kappa shape index (κ2) is 16.7. The summed E-state index contributed by atoms with van der Waals surface area (Å²) in [5, 5.41) is 3.05. The first-order valence-electron chi connectivity index (χ1n) is 18.7. The average Bonchev–Trinajstić information content (AvgIpc) is 3.86. The van der Waals surface area contributed by atoms with Gasteiger partial charge in [0, 0.05) is 16.5 Å². The lowest BCUT2D eigenvalue weighted by Crippen LogP contribution is -2.40. The highest BCUT2D eigenvalue weighted by Gasteiger charge is 2.32. The van der Waals surface area contributed by atoms with Crippen LogP contribution in [0.5, 0.6) is 0 Å². The zero-order chi connectivity index (χ0) is 37.6. The lowest BCUT2D eigenvalue weighted by molar-refractivity contribution is -0.161. The number of hydrogen-bond donors (Lipinski definition) is 1. The van der Waals surface area contributed by atoms with Gasteiger partial charge in [-0.05, 0) is 133 Å². The van der Waals surface area contributed by atoms with Gasteiger partial charge in [0.1, 0.15) is 17.0 Å². The largest absolute Gasteiger partial charge is 0.460 e. The van der Waals surface area contributed by atoms with E-state index >= 15 is 0 Å². The van der Waals surface area contributed by atoms with Crippen molar-refractivity contribution in [3.8, 4) is 0 Å². The van der Waals surface area contributed by atoms with Gasteiger partial charge in [-0.3, -0.25) is 9.59 Å². The molecule has 2 aliphatic carbocycles. The van der Waals surface area contributed by atoms with Gasteiger partial charge in [-0.15, -0.1) is 11.8 Å². The number of carbonyl (C=O) groups excluding carboxylic acids is 3. The summed E-state index contributed by atoms with van der Waals surface area (Å²) in [5.74, 6) is 0.692. The smallest absolute Gasteiger partial charge is 0.420 e. The van der Waals surface area contributed by atoms with Crippen molar-refractivity contribution in [2.45, 2.75) is 116 Å². The third kappa shape index (κ3) is 11.2. The van der Waals surface area contributed by atoms with Gasteiger partial charge in [-0.25, -0.2) is 14.7 Å². The molecule has 1 saturated carbocycles. The summed E-state index contributed by atoms with van der Waals surface area (Å²) in [5.41, 5.74) is 3.09. The lowest BCUT2D eigenvalue weighted by atomic mass is 9.82. The average molecular weight is 726 g/mol. The number of amides is 2. The summed E-state index contributed by atoms with van der Waals surface area (Å²) in [6.45, 7) is 15.5. The number of anilines is 1. The number of nitrogens with zero attached hydrogens (tertiary/aromatic N) is 2. The number of aliphatic imine (C=N–C) groups is 1. The molecule has 0 saturated heterocycles. The van der Waals surface area contributed by atoms with Gasteiger partial charge < -0.3 is 14.8 Å². The Morgan fingerprint density at radius 2 is 1.69 bits per heavy atom. The van der Waals surface area contributed by atoms with Gasteiger partial charge in [0.05, 0.1) is 23.1 Å². The van der Waals surface area contributed by atoms with Gasteiger partial charge in [-0.2, -0.15) is 0 Å². The van der Waals surface area contributed by atoms with Crippen molar-refractivity contribution in [2.75, 3.05) is 10.7 Å². The fraction of sp³-hybridized carbons (Fsp3) is 0.488. The molecule has 1 N–H and O–H groups in total. The highest BCUT2D eigenvalue weighted by Crippen LogP contribution is 2.34. The van der Waals surface area contributed by atoms with Crippen molar-refractivity contribution in [1.82, 2.24) is 5.32 Å². The first-order valence-corrected chi connectivity index (χ1v) is 19.6. The molecule has 52 heavy (non-hydrogen) atoms. The Balaban J connectivity index is 1.49. The van der Waals surface area contributed by atoms with Crippen LogP contribution in [0.2, 0.25) is 0 Å². The number of hydrogen-bond acceptors (Lipinski definition) is 7. The van der Waals surface area contributed by atoms with Crippen molar-refractivity contribution in [2.24, 2.45) is 22.7 Å². The number of ether oxygens (including phenoxy) is 2. The topological polar surface area (TPSA) is 97.3 Å². The van der Waals surface area contributed by atoms with Gasteiger partial charge in [-0.1, -0.05) is 56.4 Å². The van der Waals surface area contributed by atoms with Crippen LogP contribution in [0.3, 0.4) is 0 Å². The van der Waals surface area contributed by atoms with Crippen molar-refractivity contribution in [3.05, 3.63) is 83.5 Å². The van der Waals surface area contributed by atoms with Crippen molar-refractivity contribution >= 4 is 53.0 Å². The number of fused-ring (bicyclic) bond motifs is 1. The van der Waals surface area contributed by atoms with E-state index in [1.54, 1.807) is 4.90 Å². The first-order chi connectivity index (χ1) is 24.6. The van der Waals surface area contributed by atoms with Crippen LogP contribution in [0.15, 0.2) is 76.7 Å². The van der Waals surface area contributed by atoms with Crippen LogP contribution in [0.4, 0.5) is 10.5 Å². The molecule has 278 valence electrons. The Bertz CT molecular complexity index is 1760. The Labute approximate surface area is 314 Å². The van der Waals surface area contributed by atoms with Gasteiger partial charge in [0.15, 0.2) is 0 Å². The molecule has 0 radical (unpaired) electrons. The minimum Gasteiger partial charge on any atom is -0.460 e. The fourth-order valence-electron chi connectivity index (χ4n) is 6.25. The maximum Gasteiger partial charge on any atom is 0.420 e. The molecule has 2 aromatic rings. The van der Waals surface area contributed by atoms with E-state index in [0.717, 1.165) is 53.0 Å². The number of nitrogens with one attached hydrogen (secondary N) is 1. The third-order valence-corrected chi connectivity index (χ3v) is 10.1. The molecule has 3 aliphatic rings. The monoisotopic (exact) mass is 725 g/mol. The van der Waals surface area contributed by atoms with Crippen LogP contribution in [0.1, 0.15) is 104 Å². The molecule has 1 fully saturated rings. The first kappa shape index (κ1) is 39.1. The number of aryl methyl sites for hydroxylation is 1. The zero-order valence-corrected chi connectivity index (χ0v) is 32.8. The normalized spacial score (nSPS) is 20.6. The minimum atomic E-state index is -0.737. The highest BCUT2D eigenvalue weighted by atomic mass is 32.2. The third-order valence-electron chi connectivity index (χ3n) is 9.07. The predicted molar refractivity (Wildman–Crippen MR) is 212 cm³/mol. The number of amidine groups is 1. The fourth-order valence-corrected chi connectivity index (χ4v) is 7.02. The molecule has 3 unspecified atom stereocenters. The Kier molecular flexibility index (Phi) is 12.6. The number of carbonyl (C=O) groups is 3. The van der Waals surface area contributed by atoms with E-state index in [-0.39, 0.29) is 29.6 Å². The zero-order valence-electron chi connectivity index (χ0n) is 32.0. The van der Waals surface area contributed by atoms with E-state index in [0.29, 0.717) is 36.2 Å². The molecular weight excluding hydrogens is 671 g/mol. The number of thioether (sulfide) groups is 1.